The number of ether oxygens (including phenoxy) is 1. The van der Waals surface area contributed by atoms with Crippen LogP contribution in [0.2, 0.25) is 0 Å². The molecular formula is C20H24O. The highest BCUT2D eigenvalue weighted by molar-refractivity contribution is 5.64. The molecule has 21 heavy (non-hydrogen) atoms. The van der Waals surface area contributed by atoms with Crippen LogP contribution in [0.15, 0.2) is 48.5 Å². The topological polar surface area (TPSA) is 9.23 Å². The summed E-state index contributed by atoms with van der Waals surface area (Å²) in [6, 6.07) is 17.5. The summed E-state index contributed by atoms with van der Waals surface area (Å²) in [7, 11) is 0. The maximum Gasteiger partial charge on any atom is 0.119 e. The van der Waals surface area contributed by atoms with Crippen molar-refractivity contribution in [3.05, 3.63) is 54.1 Å². The Hall–Kier alpha value is -1.76. The molecule has 0 bridgehead atoms. The molecule has 0 unspecified atom stereocenters. The summed E-state index contributed by atoms with van der Waals surface area (Å²) < 4.78 is 5.50. The Balaban J connectivity index is 1.73. The van der Waals surface area contributed by atoms with Crippen LogP contribution in [0.4, 0.5) is 0 Å². The van der Waals surface area contributed by atoms with Gasteiger partial charge in [0.15, 0.2) is 0 Å². The van der Waals surface area contributed by atoms with Crippen LogP contribution in [0.5, 0.6) is 5.75 Å². The Bertz CT molecular complexity index is 547. The van der Waals surface area contributed by atoms with Crippen molar-refractivity contribution in [2.24, 2.45) is 0 Å². The summed E-state index contributed by atoms with van der Waals surface area (Å²) in [6.07, 6.45) is 6.93. The molecule has 2 aromatic rings. The fourth-order valence-corrected chi connectivity index (χ4v) is 3.29. The van der Waals surface area contributed by atoms with Crippen molar-refractivity contribution in [1.29, 1.82) is 0 Å². The van der Waals surface area contributed by atoms with Crippen LogP contribution < -0.4 is 4.74 Å². The normalized spacial score (nSPS) is 15.9. The molecule has 0 amide bonds. The maximum absolute atomic E-state index is 5.50. The minimum Gasteiger partial charge on any atom is -0.494 e. The third kappa shape index (κ3) is 3.47. The third-order valence-electron chi connectivity index (χ3n) is 4.49. The van der Waals surface area contributed by atoms with Crippen molar-refractivity contribution in [2.45, 2.75) is 44.9 Å². The summed E-state index contributed by atoms with van der Waals surface area (Å²) in [5, 5.41) is 0. The van der Waals surface area contributed by atoms with Gasteiger partial charge in [0.25, 0.3) is 0 Å². The summed E-state index contributed by atoms with van der Waals surface area (Å²) >= 11 is 0. The van der Waals surface area contributed by atoms with E-state index < -0.39 is 0 Å². The Labute approximate surface area is 128 Å². The van der Waals surface area contributed by atoms with Crippen LogP contribution in [0, 0.1) is 0 Å². The van der Waals surface area contributed by atoms with Gasteiger partial charge in [0.1, 0.15) is 5.75 Å². The lowest BCUT2D eigenvalue weighted by atomic mass is 9.84. The molecule has 0 atom stereocenters. The van der Waals surface area contributed by atoms with Crippen LogP contribution in [0.25, 0.3) is 11.1 Å². The molecular weight excluding hydrogens is 256 g/mol. The highest BCUT2D eigenvalue weighted by Gasteiger charge is 2.15. The summed E-state index contributed by atoms with van der Waals surface area (Å²) in [5.41, 5.74) is 4.07. The molecule has 110 valence electrons. The quantitative estimate of drug-likeness (QED) is 0.687. The van der Waals surface area contributed by atoms with Gasteiger partial charge >= 0.3 is 0 Å². The molecule has 1 nitrogen and oxygen atoms in total. The first-order valence-electron chi connectivity index (χ1n) is 8.20. The number of hydrogen-bond acceptors (Lipinski definition) is 1. The Morgan fingerprint density at radius 2 is 1.38 bits per heavy atom. The van der Waals surface area contributed by atoms with E-state index >= 15 is 0 Å². The van der Waals surface area contributed by atoms with Crippen molar-refractivity contribution >= 4 is 0 Å². The van der Waals surface area contributed by atoms with Crippen molar-refractivity contribution in [2.75, 3.05) is 6.61 Å². The predicted octanol–water partition coefficient (Wildman–Crippen LogP) is 5.80. The van der Waals surface area contributed by atoms with Gasteiger partial charge in [0, 0.05) is 0 Å². The van der Waals surface area contributed by atoms with E-state index in [0.717, 1.165) is 18.3 Å². The van der Waals surface area contributed by atoms with Gasteiger partial charge in [0.05, 0.1) is 6.61 Å². The number of hydrogen-bond donors (Lipinski definition) is 0. The zero-order valence-corrected chi connectivity index (χ0v) is 12.8. The van der Waals surface area contributed by atoms with E-state index in [1.807, 2.05) is 19.1 Å². The SMILES string of the molecule is CCOc1ccc(-c2ccc(C3CCCCC3)cc2)cc1. The Morgan fingerprint density at radius 1 is 0.810 bits per heavy atom. The average Bonchev–Trinajstić information content (AvgIpc) is 2.57. The van der Waals surface area contributed by atoms with Crippen LogP contribution in [-0.4, -0.2) is 6.61 Å². The lowest BCUT2D eigenvalue weighted by Gasteiger charge is -2.22. The smallest absolute Gasteiger partial charge is 0.119 e. The molecule has 0 aromatic heterocycles. The fraction of sp³-hybridized carbons (Fsp3) is 0.400. The summed E-state index contributed by atoms with van der Waals surface area (Å²) in [4.78, 5) is 0. The Morgan fingerprint density at radius 3 is 1.95 bits per heavy atom. The first-order valence-corrected chi connectivity index (χ1v) is 8.20. The molecule has 1 aliphatic rings. The first-order chi connectivity index (χ1) is 10.4. The highest BCUT2D eigenvalue weighted by atomic mass is 16.5. The van der Waals surface area contributed by atoms with Gasteiger partial charge in [-0.05, 0) is 54.5 Å². The second-order valence-electron chi connectivity index (χ2n) is 5.91. The minimum absolute atomic E-state index is 0.718. The van der Waals surface area contributed by atoms with Gasteiger partial charge < -0.3 is 4.74 Å². The lowest BCUT2D eigenvalue weighted by molar-refractivity contribution is 0.340. The van der Waals surface area contributed by atoms with E-state index in [1.54, 1.807) is 0 Å². The minimum atomic E-state index is 0.718. The van der Waals surface area contributed by atoms with Crippen LogP contribution in [0.3, 0.4) is 0 Å². The molecule has 0 heterocycles. The van der Waals surface area contributed by atoms with E-state index in [9.17, 15) is 0 Å². The second-order valence-corrected chi connectivity index (χ2v) is 5.91. The lowest BCUT2D eigenvalue weighted by Crippen LogP contribution is -2.04. The molecule has 1 aliphatic carbocycles. The molecule has 2 aromatic carbocycles. The van der Waals surface area contributed by atoms with Gasteiger partial charge in [-0.2, -0.15) is 0 Å². The largest absolute Gasteiger partial charge is 0.494 e. The van der Waals surface area contributed by atoms with Crippen molar-refractivity contribution in [3.63, 3.8) is 0 Å². The van der Waals surface area contributed by atoms with Gasteiger partial charge in [-0.1, -0.05) is 55.7 Å². The molecule has 1 fully saturated rings. The van der Waals surface area contributed by atoms with Crippen molar-refractivity contribution in [3.8, 4) is 16.9 Å². The van der Waals surface area contributed by atoms with Gasteiger partial charge in [-0.3, -0.25) is 0 Å². The maximum atomic E-state index is 5.50. The average molecular weight is 280 g/mol. The first kappa shape index (κ1) is 14.2. The monoisotopic (exact) mass is 280 g/mol. The third-order valence-corrected chi connectivity index (χ3v) is 4.49. The van der Waals surface area contributed by atoms with E-state index in [-0.39, 0.29) is 0 Å². The van der Waals surface area contributed by atoms with E-state index in [2.05, 4.69) is 36.4 Å². The van der Waals surface area contributed by atoms with Crippen LogP contribution in [-0.2, 0) is 0 Å². The fourth-order valence-electron chi connectivity index (χ4n) is 3.29. The van der Waals surface area contributed by atoms with E-state index in [0.29, 0.717) is 0 Å². The molecule has 1 heteroatoms. The predicted molar refractivity (Wildman–Crippen MR) is 88.9 cm³/mol. The zero-order chi connectivity index (χ0) is 14.5. The van der Waals surface area contributed by atoms with Crippen LogP contribution in [0.1, 0.15) is 50.5 Å². The standard InChI is InChI=1S/C20H24O/c1-2-21-20-14-12-19(13-15-20)18-10-8-17(9-11-18)16-6-4-3-5-7-16/h8-16H,2-7H2,1H3. The van der Waals surface area contributed by atoms with Crippen molar-refractivity contribution < 1.29 is 4.74 Å². The van der Waals surface area contributed by atoms with E-state index in [1.165, 1.54) is 48.8 Å². The van der Waals surface area contributed by atoms with Gasteiger partial charge in [-0.25, -0.2) is 0 Å². The van der Waals surface area contributed by atoms with Gasteiger partial charge in [-0.15, -0.1) is 0 Å². The molecule has 0 radical (unpaired) electrons. The summed E-state index contributed by atoms with van der Waals surface area (Å²) in [6.45, 7) is 2.73. The zero-order valence-electron chi connectivity index (χ0n) is 12.8. The molecule has 0 N–H and O–H groups in total. The molecule has 3 rings (SSSR count). The van der Waals surface area contributed by atoms with E-state index in [4.69, 9.17) is 4.74 Å². The Kier molecular flexibility index (Phi) is 4.59. The molecule has 0 saturated heterocycles. The van der Waals surface area contributed by atoms with Crippen molar-refractivity contribution in [1.82, 2.24) is 0 Å². The second kappa shape index (κ2) is 6.80. The molecule has 0 aliphatic heterocycles. The summed E-state index contributed by atoms with van der Waals surface area (Å²) in [5.74, 6) is 1.73. The molecule has 1 saturated carbocycles. The van der Waals surface area contributed by atoms with Gasteiger partial charge in [0.2, 0.25) is 0 Å². The number of benzene rings is 2. The number of rotatable bonds is 4. The molecule has 0 spiro atoms. The van der Waals surface area contributed by atoms with Crippen LogP contribution >= 0.6 is 0 Å². The highest BCUT2D eigenvalue weighted by Crippen LogP contribution is 2.33.